The van der Waals surface area contributed by atoms with Crippen LogP contribution in [-0.4, -0.2) is 27.3 Å². The van der Waals surface area contributed by atoms with E-state index in [1.54, 1.807) is 0 Å². The zero-order chi connectivity index (χ0) is 16.4. The van der Waals surface area contributed by atoms with E-state index in [1.165, 1.54) is 0 Å². The second-order valence-electron chi connectivity index (χ2n) is 5.91. The third kappa shape index (κ3) is 3.28. The van der Waals surface area contributed by atoms with Crippen molar-refractivity contribution in [3.63, 3.8) is 0 Å². The molecular weight excluding hydrogens is 294 g/mol. The molecule has 2 aromatic rings. The average molecular weight is 315 g/mol. The van der Waals surface area contributed by atoms with Gasteiger partial charge in [-0.1, -0.05) is 24.3 Å². The van der Waals surface area contributed by atoms with Gasteiger partial charge in [0.05, 0.1) is 24.5 Å². The monoisotopic (exact) mass is 315 g/mol. The van der Waals surface area contributed by atoms with Crippen LogP contribution in [0.2, 0.25) is 0 Å². The number of aromatic nitrogens is 2. The van der Waals surface area contributed by atoms with E-state index in [1.807, 2.05) is 38.1 Å². The first kappa shape index (κ1) is 15.7. The molecule has 0 fully saturated rings. The first-order valence-corrected chi connectivity index (χ1v) is 7.78. The first-order valence-electron chi connectivity index (χ1n) is 7.78. The summed E-state index contributed by atoms with van der Waals surface area (Å²) in [4.78, 5) is 12.4. The Morgan fingerprint density at radius 3 is 2.74 bits per heavy atom. The highest BCUT2D eigenvalue weighted by Crippen LogP contribution is 2.30. The summed E-state index contributed by atoms with van der Waals surface area (Å²) in [7, 11) is 0. The minimum Gasteiger partial charge on any atom is -0.392 e. The van der Waals surface area contributed by atoms with E-state index in [-0.39, 0.29) is 24.7 Å². The van der Waals surface area contributed by atoms with Crippen molar-refractivity contribution in [1.29, 1.82) is 0 Å². The number of nitrogens with one attached hydrogen (secondary N) is 2. The fourth-order valence-corrected chi connectivity index (χ4v) is 2.89. The Morgan fingerprint density at radius 1 is 1.35 bits per heavy atom. The minimum absolute atomic E-state index is 0.0183. The zero-order valence-corrected chi connectivity index (χ0v) is 13.3. The molecule has 2 heterocycles. The van der Waals surface area contributed by atoms with Crippen LogP contribution < -0.4 is 5.32 Å². The van der Waals surface area contributed by atoms with Crippen LogP contribution in [0.4, 0.5) is 0 Å². The quantitative estimate of drug-likeness (QED) is 0.803. The Labute approximate surface area is 134 Å². The molecule has 0 saturated heterocycles. The van der Waals surface area contributed by atoms with Gasteiger partial charge >= 0.3 is 0 Å². The van der Waals surface area contributed by atoms with Gasteiger partial charge in [0.2, 0.25) is 0 Å². The number of aliphatic hydroxyl groups excluding tert-OH is 1. The topological polar surface area (TPSA) is 87.2 Å². The number of hydrogen-bond donors (Lipinski definition) is 3. The molecule has 1 aliphatic rings. The van der Waals surface area contributed by atoms with Gasteiger partial charge in [-0.3, -0.25) is 9.89 Å². The number of aliphatic hydroxyl groups is 1. The van der Waals surface area contributed by atoms with Crippen LogP contribution in [0.3, 0.4) is 0 Å². The van der Waals surface area contributed by atoms with Crippen LogP contribution in [0, 0.1) is 0 Å². The molecule has 1 aliphatic heterocycles. The van der Waals surface area contributed by atoms with Crippen LogP contribution in [0.15, 0.2) is 24.3 Å². The van der Waals surface area contributed by atoms with Gasteiger partial charge in [0.25, 0.3) is 5.91 Å². The molecule has 0 radical (unpaired) electrons. The third-order valence-corrected chi connectivity index (χ3v) is 4.11. The number of carbonyl (C=O) groups is 1. The molecule has 3 rings (SSSR count). The molecule has 23 heavy (non-hydrogen) atoms. The number of carbonyl (C=O) groups excluding carboxylic acids is 1. The van der Waals surface area contributed by atoms with E-state index >= 15 is 0 Å². The predicted octanol–water partition coefficient (Wildman–Crippen LogP) is 1.85. The highest BCUT2D eigenvalue weighted by atomic mass is 16.5. The number of rotatable bonds is 4. The summed E-state index contributed by atoms with van der Waals surface area (Å²) in [5.74, 6) is -0.185. The summed E-state index contributed by atoms with van der Waals surface area (Å²) in [5.41, 5.74) is 4.12. The van der Waals surface area contributed by atoms with Crippen molar-refractivity contribution in [2.75, 3.05) is 0 Å². The predicted molar refractivity (Wildman–Crippen MR) is 84.8 cm³/mol. The van der Waals surface area contributed by atoms with E-state index in [9.17, 15) is 4.79 Å². The summed E-state index contributed by atoms with van der Waals surface area (Å²) in [6, 6.07) is 7.48. The molecule has 0 saturated carbocycles. The first-order chi connectivity index (χ1) is 11.1. The number of benzene rings is 1. The fraction of sp³-hybridized carbons (Fsp3) is 0.412. The fourth-order valence-electron chi connectivity index (χ4n) is 2.89. The highest BCUT2D eigenvalue weighted by molar-refractivity contribution is 5.94. The molecule has 0 bridgehead atoms. The lowest BCUT2D eigenvalue weighted by Gasteiger charge is -2.25. The molecule has 1 aromatic carbocycles. The van der Waals surface area contributed by atoms with Gasteiger partial charge < -0.3 is 15.2 Å². The molecular formula is C17H21N3O3. The van der Waals surface area contributed by atoms with Gasteiger partial charge in [0.15, 0.2) is 5.69 Å². The van der Waals surface area contributed by atoms with Gasteiger partial charge in [-0.2, -0.15) is 5.10 Å². The van der Waals surface area contributed by atoms with E-state index in [4.69, 9.17) is 9.84 Å². The summed E-state index contributed by atoms with van der Waals surface area (Å²) < 4.78 is 5.73. The Morgan fingerprint density at radius 2 is 2.04 bits per heavy atom. The van der Waals surface area contributed by atoms with Crippen molar-refractivity contribution >= 4 is 5.91 Å². The average Bonchev–Trinajstić information content (AvgIpc) is 2.97. The molecule has 6 nitrogen and oxygen atoms in total. The van der Waals surface area contributed by atoms with Crippen molar-refractivity contribution in [2.45, 2.75) is 45.6 Å². The van der Waals surface area contributed by atoms with Crippen molar-refractivity contribution in [3.8, 4) is 0 Å². The van der Waals surface area contributed by atoms with E-state index in [2.05, 4.69) is 15.5 Å². The van der Waals surface area contributed by atoms with Crippen LogP contribution >= 0.6 is 0 Å². The van der Waals surface area contributed by atoms with Crippen LogP contribution in [0.5, 0.6) is 0 Å². The molecule has 1 aromatic heterocycles. The van der Waals surface area contributed by atoms with Crippen molar-refractivity contribution < 1.29 is 14.6 Å². The van der Waals surface area contributed by atoms with Gasteiger partial charge in [0.1, 0.15) is 0 Å². The second kappa shape index (κ2) is 6.52. The minimum atomic E-state index is -0.185. The Hall–Kier alpha value is -2.18. The molecule has 1 amide bonds. The lowest BCUT2D eigenvalue weighted by Crippen LogP contribution is -2.27. The largest absolute Gasteiger partial charge is 0.392 e. The van der Waals surface area contributed by atoms with E-state index in [0.717, 1.165) is 22.4 Å². The number of amides is 1. The van der Waals surface area contributed by atoms with Crippen LogP contribution in [-0.2, 0) is 24.3 Å². The number of nitrogens with zero attached hydrogens (tertiary/aromatic N) is 1. The maximum atomic E-state index is 12.4. The van der Waals surface area contributed by atoms with Gasteiger partial charge in [0, 0.05) is 18.5 Å². The number of aromatic amines is 1. The Bertz CT molecular complexity index is 694. The maximum absolute atomic E-state index is 12.4. The van der Waals surface area contributed by atoms with E-state index < -0.39 is 0 Å². The summed E-state index contributed by atoms with van der Waals surface area (Å²) >= 11 is 0. The third-order valence-electron chi connectivity index (χ3n) is 4.11. The van der Waals surface area contributed by atoms with Crippen LogP contribution in [0.25, 0.3) is 0 Å². The number of H-pyrrole nitrogens is 1. The second-order valence-corrected chi connectivity index (χ2v) is 5.91. The maximum Gasteiger partial charge on any atom is 0.272 e. The molecule has 2 atom stereocenters. The molecule has 0 aliphatic carbocycles. The number of hydrogen-bond acceptors (Lipinski definition) is 4. The highest BCUT2D eigenvalue weighted by Gasteiger charge is 2.29. The van der Waals surface area contributed by atoms with Gasteiger partial charge in [-0.25, -0.2) is 0 Å². The summed E-state index contributed by atoms with van der Waals surface area (Å²) in [6.45, 7) is 4.40. The van der Waals surface area contributed by atoms with Crippen molar-refractivity contribution in [1.82, 2.24) is 15.5 Å². The number of fused-ring (bicyclic) bond motifs is 1. The van der Waals surface area contributed by atoms with Crippen molar-refractivity contribution in [3.05, 3.63) is 52.3 Å². The molecule has 0 unspecified atom stereocenters. The zero-order valence-electron chi connectivity index (χ0n) is 13.3. The molecule has 3 N–H and O–H groups in total. The Balaban J connectivity index is 1.69. The summed E-state index contributed by atoms with van der Waals surface area (Å²) in [6.07, 6.45) is 0.686. The van der Waals surface area contributed by atoms with Crippen LogP contribution in [0.1, 0.15) is 52.8 Å². The standard InChI is InChI=1S/C17H21N3O3/c1-10-7-14-15(11(2)23-10)19-20-16(14)17(22)18-8-12-3-5-13(9-21)6-4-12/h3-6,10-11,21H,7-9H2,1-2H3,(H,18,22)(H,19,20)/t10-,11+/m1/s1. The SMILES string of the molecule is C[C@@H]1Cc2c(C(=O)NCc3ccc(CO)cc3)n[nH]c2[C@H](C)O1. The summed E-state index contributed by atoms with van der Waals surface area (Å²) in [5, 5.41) is 19.0. The Kier molecular flexibility index (Phi) is 4.45. The van der Waals surface area contributed by atoms with E-state index in [0.29, 0.717) is 18.7 Å². The van der Waals surface area contributed by atoms with Gasteiger partial charge in [-0.15, -0.1) is 0 Å². The lowest BCUT2D eigenvalue weighted by molar-refractivity contribution is -0.00697. The molecule has 6 heteroatoms. The smallest absolute Gasteiger partial charge is 0.272 e. The van der Waals surface area contributed by atoms with Crippen molar-refractivity contribution in [2.24, 2.45) is 0 Å². The molecule has 122 valence electrons. The van der Waals surface area contributed by atoms with Gasteiger partial charge in [-0.05, 0) is 25.0 Å². The lowest BCUT2D eigenvalue weighted by atomic mass is 9.99. The molecule has 0 spiro atoms. The normalized spacial score (nSPS) is 20.1. The number of ether oxygens (including phenoxy) is 1.